The van der Waals surface area contributed by atoms with Gasteiger partial charge in [0.25, 0.3) is 11.8 Å². The zero-order valence-corrected chi connectivity index (χ0v) is 22.6. The van der Waals surface area contributed by atoms with Crippen molar-refractivity contribution in [2.75, 3.05) is 0 Å². The summed E-state index contributed by atoms with van der Waals surface area (Å²) in [7, 11) is 0. The van der Waals surface area contributed by atoms with E-state index in [0.717, 1.165) is 44.1 Å². The molecule has 10 heteroatoms. The highest BCUT2D eigenvalue weighted by Crippen LogP contribution is 2.24. The second kappa shape index (κ2) is 10.2. The zero-order valence-electron chi connectivity index (χ0n) is 22.6. The molecule has 6 amide bonds. The van der Waals surface area contributed by atoms with E-state index in [1.807, 2.05) is 85.2 Å². The Hall–Kier alpha value is -5.38. The average Bonchev–Trinajstić information content (AvgIpc) is 3.74. The molecule has 10 nitrogen and oxygen atoms in total. The Morgan fingerprint density at radius 1 is 0.548 bits per heavy atom. The minimum absolute atomic E-state index is 0.130. The third-order valence-electron chi connectivity index (χ3n) is 8.12. The van der Waals surface area contributed by atoms with Gasteiger partial charge in [-0.15, -0.1) is 0 Å². The highest BCUT2D eigenvalue weighted by Gasteiger charge is 2.39. The first kappa shape index (κ1) is 25.6. The van der Waals surface area contributed by atoms with Gasteiger partial charge in [0.1, 0.15) is 12.1 Å². The minimum atomic E-state index is -0.632. The molecular formula is C32H28N6O4. The molecular weight excluding hydrogens is 532 g/mol. The van der Waals surface area contributed by atoms with Crippen molar-refractivity contribution in [3.63, 3.8) is 0 Å². The van der Waals surface area contributed by atoms with Crippen LogP contribution in [0, 0.1) is 0 Å². The van der Waals surface area contributed by atoms with E-state index in [1.165, 1.54) is 9.80 Å². The van der Waals surface area contributed by atoms with Crippen molar-refractivity contribution in [1.82, 2.24) is 30.4 Å². The Kier molecular flexibility index (Phi) is 6.23. The van der Waals surface area contributed by atoms with E-state index in [1.54, 1.807) is 0 Å². The summed E-state index contributed by atoms with van der Waals surface area (Å²) in [6.45, 7) is 0.260. The number of nitrogens with zero attached hydrogens (tertiary/aromatic N) is 2. The number of aromatic nitrogens is 2. The van der Waals surface area contributed by atoms with Gasteiger partial charge in [-0.1, -0.05) is 60.7 Å². The number of amides is 6. The summed E-state index contributed by atoms with van der Waals surface area (Å²) < 4.78 is 0. The normalized spacial score (nSPS) is 18.9. The molecule has 4 N–H and O–H groups in total. The van der Waals surface area contributed by atoms with Crippen molar-refractivity contribution in [1.29, 1.82) is 0 Å². The number of fused-ring (bicyclic) bond motifs is 2. The van der Waals surface area contributed by atoms with Gasteiger partial charge in [-0.2, -0.15) is 0 Å². The third kappa shape index (κ3) is 4.56. The molecule has 2 aromatic heterocycles. The fourth-order valence-corrected chi connectivity index (χ4v) is 5.89. The van der Waals surface area contributed by atoms with E-state index < -0.39 is 24.1 Å². The molecule has 2 atom stereocenters. The molecule has 2 saturated heterocycles. The van der Waals surface area contributed by atoms with Crippen LogP contribution in [0.2, 0.25) is 0 Å². The van der Waals surface area contributed by atoms with Crippen LogP contribution in [0.15, 0.2) is 85.2 Å². The monoisotopic (exact) mass is 560 g/mol. The number of hydrogen-bond acceptors (Lipinski definition) is 4. The number of benzene rings is 3. The molecule has 3 aromatic carbocycles. The SMILES string of the molecule is O=C1N[C@@H](Cc2c[nH]c3ccccc23)C(=O)N1Cc1ccc(CN2C(=O)N[C@H](Cc3c[nH]c4ccccc34)C2=O)cc1. The Morgan fingerprint density at radius 2 is 0.952 bits per heavy atom. The van der Waals surface area contributed by atoms with Crippen molar-refractivity contribution in [3.8, 4) is 0 Å². The van der Waals surface area contributed by atoms with Crippen LogP contribution in [0.5, 0.6) is 0 Å². The minimum Gasteiger partial charge on any atom is -0.361 e. The predicted octanol–water partition coefficient (Wildman–Crippen LogP) is 3.98. The molecule has 2 fully saturated rings. The van der Waals surface area contributed by atoms with Crippen molar-refractivity contribution < 1.29 is 19.2 Å². The summed E-state index contributed by atoms with van der Waals surface area (Å²) in [5.74, 6) is -0.537. The summed E-state index contributed by atoms with van der Waals surface area (Å²) in [6.07, 6.45) is 4.55. The van der Waals surface area contributed by atoms with E-state index in [9.17, 15) is 19.2 Å². The molecule has 4 heterocycles. The van der Waals surface area contributed by atoms with Crippen LogP contribution in [-0.4, -0.2) is 55.7 Å². The first-order valence-corrected chi connectivity index (χ1v) is 13.9. The van der Waals surface area contributed by atoms with Crippen molar-refractivity contribution in [3.05, 3.63) is 107 Å². The van der Waals surface area contributed by atoms with Gasteiger partial charge in [-0.05, 0) is 34.4 Å². The first-order valence-electron chi connectivity index (χ1n) is 13.9. The van der Waals surface area contributed by atoms with Crippen LogP contribution in [0.25, 0.3) is 21.8 Å². The Labute approximate surface area is 240 Å². The Bertz CT molecular complexity index is 1720. The average molecular weight is 561 g/mol. The van der Waals surface area contributed by atoms with E-state index in [4.69, 9.17) is 0 Å². The molecule has 0 saturated carbocycles. The van der Waals surface area contributed by atoms with Crippen LogP contribution in [-0.2, 0) is 35.5 Å². The van der Waals surface area contributed by atoms with Crippen molar-refractivity contribution in [2.45, 2.75) is 38.0 Å². The largest absolute Gasteiger partial charge is 0.361 e. The maximum absolute atomic E-state index is 13.1. The number of carbonyl (C=O) groups is 4. The maximum Gasteiger partial charge on any atom is 0.325 e. The smallest absolute Gasteiger partial charge is 0.325 e. The second-order valence-electron chi connectivity index (χ2n) is 10.8. The number of urea groups is 2. The van der Waals surface area contributed by atoms with Gasteiger partial charge < -0.3 is 20.6 Å². The summed E-state index contributed by atoms with van der Waals surface area (Å²) in [5, 5.41) is 7.68. The fraction of sp³-hybridized carbons (Fsp3) is 0.188. The Balaban J connectivity index is 0.977. The summed E-state index contributed by atoms with van der Waals surface area (Å²) >= 11 is 0. The molecule has 7 rings (SSSR count). The number of carbonyl (C=O) groups excluding carboxylic acids is 4. The van der Waals surface area contributed by atoms with Crippen molar-refractivity contribution >= 4 is 45.7 Å². The highest BCUT2D eigenvalue weighted by molar-refractivity contribution is 6.05. The van der Waals surface area contributed by atoms with E-state index in [-0.39, 0.29) is 24.9 Å². The standard InChI is InChI=1S/C32H28N6O4/c39-29-27(13-21-15-33-25-7-3-1-5-23(21)25)35-31(41)37(29)17-19-9-11-20(12-10-19)18-38-30(40)28(36-32(38)42)14-22-16-34-26-8-4-2-6-24(22)26/h1-12,15-16,27-28,33-34H,13-14,17-18H2,(H,35,41)(H,36,42)/t27-,28+. The number of aromatic amines is 2. The van der Waals surface area contributed by atoms with Gasteiger partial charge in [0.05, 0.1) is 13.1 Å². The molecule has 0 unspecified atom stereocenters. The van der Waals surface area contributed by atoms with Crippen LogP contribution < -0.4 is 10.6 Å². The molecule has 0 spiro atoms. The summed E-state index contributed by atoms with van der Waals surface area (Å²) in [6, 6.07) is 20.8. The third-order valence-corrected chi connectivity index (χ3v) is 8.12. The van der Waals surface area contributed by atoms with Gasteiger partial charge in [-0.3, -0.25) is 19.4 Å². The number of para-hydroxylation sites is 2. The quantitative estimate of drug-likeness (QED) is 0.214. The molecule has 210 valence electrons. The van der Waals surface area contributed by atoms with E-state index in [0.29, 0.717) is 12.8 Å². The highest BCUT2D eigenvalue weighted by atomic mass is 16.2. The van der Waals surface area contributed by atoms with E-state index >= 15 is 0 Å². The number of imide groups is 2. The molecule has 0 radical (unpaired) electrons. The van der Waals surface area contributed by atoms with E-state index in [2.05, 4.69) is 20.6 Å². The molecule has 2 aliphatic rings. The van der Waals surface area contributed by atoms with Crippen LogP contribution >= 0.6 is 0 Å². The lowest BCUT2D eigenvalue weighted by Crippen LogP contribution is -2.32. The lowest BCUT2D eigenvalue weighted by molar-refractivity contribution is -0.128. The number of rotatable bonds is 8. The zero-order chi connectivity index (χ0) is 28.8. The number of H-pyrrole nitrogens is 2. The number of hydrogen-bond donors (Lipinski definition) is 4. The molecule has 0 aliphatic carbocycles. The van der Waals surface area contributed by atoms with Crippen LogP contribution in [0.4, 0.5) is 9.59 Å². The topological polar surface area (TPSA) is 130 Å². The second-order valence-corrected chi connectivity index (χ2v) is 10.8. The fourth-order valence-electron chi connectivity index (χ4n) is 5.89. The molecule has 5 aromatic rings. The van der Waals surface area contributed by atoms with Gasteiger partial charge in [0.2, 0.25) is 0 Å². The lowest BCUT2D eigenvalue weighted by atomic mass is 10.0. The lowest BCUT2D eigenvalue weighted by Gasteiger charge is -2.15. The molecule has 2 aliphatic heterocycles. The van der Waals surface area contributed by atoms with Gasteiger partial charge in [0, 0.05) is 47.0 Å². The first-order chi connectivity index (χ1) is 20.4. The maximum atomic E-state index is 13.1. The summed E-state index contributed by atoms with van der Waals surface area (Å²) in [4.78, 5) is 60.4. The molecule has 0 bridgehead atoms. The van der Waals surface area contributed by atoms with Crippen molar-refractivity contribution in [2.24, 2.45) is 0 Å². The van der Waals surface area contributed by atoms with Gasteiger partial charge in [0.15, 0.2) is 0 Å². The van der Waals surface area contributed by atoms with Gasteiger partial charge in [-0.25, -0.2) is 9.59 Å². The summed E-state index contributed by atoms with van der Waals surface area (Å²) in [5.41, 5.74) is 5.45. The molecule has 42 heavy (non-hydrogen) atoms. The number of nitrogens with one attached hydrogen (secondary N) is 4. The van der Waals surface area contributed by atoms with Gasteiger partial charge >= 0.3 is 12.1 Å². The van der Waals surface area contributed by atoms with Crippen LogP contribution in [0.1, 0.15) is 22.3 Å². The Morgan fingerprint density at radius 3 is 1.38 bits per heavy atom. The van der Waals surface area contributed by atoms with Crippen LogP contribution in [0.3, 0.4) is 0 Å². The predicted molar refractivity (Wildman–Crippen MR) is 156 cm³/mol.